The van der Waals surface area contributed by atoms with Gasteiger partial charge in [-0.2, -0.15) is 4.62 Å². The summed E-state index contributed by atoms with van der Waals surface area (Å²) in [7, 11) is -2.30. The van der Waals surface area contributed by atoms with Crippen LogP contribution in [-0.4, -0.2) is 17.2 Å². The Morgan fingerprint density at radius 2 is 1.96 bits per heavy atom. The molecule has 146 valence electrons. The van der Waals surface area contributed by atoms with Crippen molar-refractivity contribution >= 4 is 13.4 Å². The van der Waals surface area contributed by atoms with Crippen LogP contribution in [0.4, 0.5) is 5.82 Å². The number of methoxy groups -OCH3 is 1. The summed E-state index contributed by atoms with van der Waals surface area (Å²) in [5.74, 6) is 0.935. The average Bonchev–Trinajstić information content (AvgIpc) is 2.65. The number of nitrogens with one attached hydrogen (secondary N) is 1. The van der Waals surface area contributed by atoms with Gasteiger partial charge in [-0.15, -0.1) is 0 Å². The fourth-order valence-corrected chi connectivity index (χ4v) is 3.45. The lowest BCUT2D eigenvalue weighted by molar-refractivity contribution is 0.321. The Labute approximate surface area is 159 Å². The second-order valence-electron chi connectivity index (χ2n) is 6.10. The van der Waals surface area contributed by atoms with Crippen LogP contribution in [0.3, 0.4) is 0 Å². The molecule has 0 bridgehead atoms. The Bertz CT molecular complexity index is 911. The van der Waals surface area contributed by atoms with Crippen molar-refractivity contribution in [2.24, 2.45) is 0 Å². The number of allylic oxidation sites excluding steroid dienone is 2. The number of pyridine rings is 1. The SMILES string of the molecule is C/C=C(\C)P(=O)(ONc1nccc(C)c1C)Oc1cc(C)c(O)c(OC)c1. The van der Waals surface area contributed by atoms with Gasteiger partial charge in [0.15, 0.2) is 17.3 Å². The van der Waals surface area contributed by atoms with Crippen molar-refractivity contribution in [3.8, 4) is 17.2 Å². The Kier molecular flexibility index (Phi) is 6.52. The van der Waals surface area contributed by atoms with Crippen molar-refractivity contribution in [1.82, 2.24) is 4.98 Å². The Morgan fingerprint density at radius 1 is 1.26 bits per heavy atom. The van der Waals surface area contributed by atoms with Crippen molar-refractivity contribution < 1.29 is 23.6 Å². The van der Waals surface area contributed by atoms with E-state index >= 15 is 0 Å². The monoisotopic (exact) mass is 392 g/mol. The zero-order chi connectivity index (χ0) is 20.2. The maximum atomic E-state index is 13.4. The first kappa shape index (κ1) is 20.8. The summed E-state index contributed by atoms with van der Waals surface area (Å²) in [5, 5.41) is 10.4. The number of rotatable bonds is 7. The number of phenolic OH excluding ortho intramolecular Hbond substituents is 1. The topological polar surface area (TPSA) is 89.9 Å². The number of hydrogen-bond acceptors (Lipinski definition) is 7. The van der Waals surface area contributed by atoms with E-state index in [1.165, 1.54) is 13.2 Å². The van der Waals surface area contributed by atoms with E-state index in [0.29, 0.717) is 16.7 Å². The molecule has 7 nitrogen and oxygen atoms in total. The highest BCUT2D eigenvalue weighted by Gasteiger charge is 2.31. The number of anilines is 1. The first-order valence-corrected chi connectivity index (χ1v) is 9.93. The predicted molar refractivity (Wildman–Crippen MR) is 105 cm³/mol. The molecule has 2 rings (SSSR count). The third-order valence-corrected chi connectivity index (χ3v) is 6.18. The standard InChI is InChI=1S/C19H25N2O5P/c1-7-14(4)27(23,26-21-19-15(5)12(2)8-9-20-19)25-16-10-13(3)18(22)17(11-16)24-6/h7-11,22H,1-6H3,(H,20,21)/b14-7+. The van der Waals surface area contributed by atoms with Gasteiger partial charge >= 0.3 is 7.60 Å². The molecule has 1 atom stereocenters. The highest BCUT2D eigenvalue weighted by molar-refractivity contribution is 7.58. The van der Waals surface area contributed by atoms with Gasteiger partial charge in [0.05, 0.1) is 7.11 Å². The number of nitrogens with zero attached hydrogens (tertiary/aromatic N) is 1. The number of phenols is 1. The first-order chi connectivity index (χ1) is 12.7. The minimum absolute atomic E-state index is 0.000988. The van der Waals surface area contributed by atoms with Crippen LogP contribution in [-0.2, 0) is 9.19 Å². The van der Waals surface area contributed by atoms with Crippen LogP contribution in [0, 0.1) is 20.8 Å². The lowest BCUT2D eigenvalue weighted by Gasteiger charge is -2.21. The van der Waals surface area contributed by atoms with Gasteiger partial charge in [0.1, 0.15) is 5.75 Å². The fourth-order valence-electron chi connectivity index (χ4n) is 2.22. The number of aryl methyl sites for hydroxylation is 2. The molecule has 0 radical (unpaired) electrons. The third-order valence-electron chi connectivity index (χ3n) is 4.27. The van der Waals surface area contributed by atoms with Gasteiger partial charge < -0.3 is 14.4 Å². The maximum Gasteiger partial charge on any atom is 0.427 e. The number of hydrogen-bond donors (Lipinski definition) is 2. The summed E-state index contributed by atoms with van der Waals surface area (Å²) in [6, 6.07) is 4.89. The molecule has 0 amide bonds. The highest BCUT2D eigenvalue weighted by Crippen LogP contribution is 2.56. The third kappa shape index (κ3) is 4.62. The van der Waals surface area contributed by atoms with Gasteiger partial charge in [-0.1, -0.05) is 6.08 Å². The van der Waals surface area contributed by atoms with Gasteiger partial charge in [0, 0.05) is 17.6 Å². The van der Waals surface area contributed by atoms with E-state index < -0.39 is 7.60 Å². The van der Waals surface area contributed by atoms with Crippen molar-refractivity contribution in [3.63, 3.8) is 0 Å². The summed E-state index contributed by atoms with van der Waals surface area (Å²) in [5.41, 5.74) is 5.09. The predicted octanol–water partition coefficient (Wildman–Crippen LogP) is 5.26. The van der Waals surface area contributed by atoms with E-state index in [9.17, 15) is 9.67 Å². The van der Waals surface area contributed by atoms with E-state index in [1.54, 1.807) is 39.1 Å². The van der Waals surface area contributed by atoms with Crippen LogP contribution in [0.15, 0.2) is 35.8 Å². The van der Waals surface area contributed by atoms with Crippen LogP contribution in [0.5, 0.6) is 17.2 Å². The molecule has 0 saturated carbocycles. The molecular weight excluding hydrogens is 367 g/mol. The second-order valence-corrected chi connectivity index (χ2v) is 8.17. The fraction of sp³-hybridized carbons (Fsp3) is 0.316. The molecule has 0 spiro atoms. The summed E-state index contributed by atoms with van der Waals surface area (Å²) in [6.07, 6.45) is 3.29. The zero-order valence-corrected chi connectivity index (χ0v) is 17.3. The zero-order valence-electron chi connectivity index (χ0n) is 16.4. The molecular formula is C19H25N2O5P. The highest BCUT2D eigenvalue weighted by atomic mass is 31.2. The summed E-state index contributed by atoms with van der Waals surface area (Å²) < 4.78 is 29.7. The molecule has 1 aromatic heterocycles. The van der Waals surface area contributed by atoms with Crippen molar-refractivity contribution in [1.29, 1.82) is 0 Å². The second kappa shape index (κ2) is 8.46. The Hall–Kier alpha value is -2.50. The van der Waals surface area contributed by atoms with E-state index in [1.807, 2.05) is 19.9 Å². The largest absolute Gasteiger partial charge is 0.504 e. The summed E-state index contributed by atoms with van der Waals surface area (Å²) in [6.45, 7) is 8.92. The van der Waals surface area contributed by atoms with Gasteiger partial charge in [-0.3, -0.25) is 0 Å². The van der Waals surface area contributed by atoms with Crippen LogP contribution in [0.2, 0.25) is 0 Å². The van der Waals surface area contributed by atoms with Crippen LogP contribution >= 0.6 is 7.60 Å². The molecule has 1 unspecified atom stereocenters. The van der Waals surface area contributed by atoms with Gasteiger partial charge in [0.25, 0.3) is 0 Å². The van der Waals surface area contributed by atoms with Gasteiger partial charge in [-0.05, 0) is 63.4 Å². The minimum Gasteiger partial charge on any atom is -0.504 e. The molecule has 0 aliphatic carbocycles. The normalized spacial score (nSPS) is 13.8. The molecule has 0 aliphatic rings. The van der Waals surface area contributed by atoms with Crippen LogP contribution < -0.4 is 14.7 Å². The van der Waals surface area contributed by atoms with Crippen molar-refractivity contribution in [2.45, 2.75) is 34.6 Å². The molecule has 0 fully saturated rings. The molecule has 1 heterocycles. The van der Waals surface area contributed by atoms with Crippen molar-refractivity contribution in [2.75, 3.05) is 12.6 Å². The van der Waals surface area contributed by atoms with E-state index in [4.69, 9.17) is 13.9 Å². The summed E-state index contributed by atoms with van der Waals surface area (Å²) >= 11 is 0. The maximum absolute atomic E-state index is 13.4. The van der Waals surface area contributed by atoms with E-state index in [0.717, 1.165) is 11.1 Å². The minimum atomic E-state index is -3.73. The quantitative estimate of drug-likeness (QED) is 0.491. The summed E-state index contributed by atoms with van der Waals surface area (Å²) in [4.78, 5) is 4.20. The molecule has 0 aliphatic heterocycles. The Balaban J connectivity index is 2.33. The van der Waals surface area contributed by atoms with Gasteiger partial charge in [0.2, 0.25) is 0 Å². The smallest absolute Gasteiger partial charge is 0.427 e. The molecule has 27 heavy (non-hydrogen) atoms. The van der Waals surface area contributed by atoms with Crippen molar-refractivity contribution in [3.05, 3.63) is 52.5 Å². The van der Waals surface area contributed by atoms with Crippen LogP contribution in [0.1, 0.15) is 30.5 Å². The molecule has 2 aromatic rings. The van der Waals surface area contributed by atoms with Gasteiger partial charge in [-0.25, -0.2) is 15.0 Å². The number of ether oxygens (including phenoxy) is 1. The molecule has 8 heteroatoms. The average molecular weight is 392 g/mol. The molecule has 2 N–H and O–H groups in total. The molecule has 1 aromatic carbocycles. The number of aromatic nitrogens is 1. The molecule has 0 saturated heterocycles. The number of benzene rings is 1. The Morgan fingerprint density at radius 3 is 2.59 bits per heavy atom. The first-order valence-electron chi connectivity index (χ1n) is 8.39. The van der Waals surface area contributed by atoms with E-state index in [-0.39, 0.29) is 17.2 Å². The van der Waals surface area contributed by atoms with E-state index in [2.05, 4.69) is 10.5 Å². The lowest BCUT2D eigenvalue weighted by Crippen LogP contribution is -2.08. The number of aromatic hydroxyl groups is 1. The van der Waals surface area contributed by atoms with Crippen LogP contribution in [0.25, 0.3) is 0 Å². The lowest BCUT2D eigenvalue weighted by atomic mass is 10.2.